The van der Waals surface area contributed by atoms with Crippen molar-refractivity contribution in [3.05, 3.63) is 63.7 Å². The number of aliphatic hydroxyl groups is 1. The maximum atomic E-state index is 12.5. The molecule has 6 heteroatoms. The van der Waals surface area contributed by atoms with Gasteiger partial charge in [0.2, 0.25) is 0 Å². The van der Waals surface area contributed by atoms with E-state index in [2.05, 4.69) is 6.58 Å². The molecule has 0 saturated heterocycles. The van der Waals surface area contributed by atoms with Gasteiger partial charge in [-0.1, -0.05) is 41.9 Å². The molecule has 0 aromatic heterocycles. The van der Waals surface area contributed by atoms with Gasteiger partial charge in [0.1, 0.15) is 0 Å². The minimum absolute atomic E-state index is 0.241. The molecule has 1 nitrogen and oxygen atoms in total. The monoisotopic (exact) mass is 336 g/mol. The summed E-state index contributed by atoms with van der Waals surface area (Å²) in [7, 11) is 0. The molecule has 0 bridgehead atoms. The van der Waals surface area contributed by atoms with Gasteiger partial charge in [-0.2, -0.15) is 13.2 Å². The second kappa shape index (κ2) is 7.16. The lowest BCUT2D eigenvalue weighted by Crippen LogP contribution is -2.08. The average Bonchev–Trinajstić information content (AvgIpc) is 2.40. The van der Waals surface area contributed by atoms with Gasteiger partial charge in [-0.25, -0.2) is 0 Å². The third-order valence-corrected chi connectivity index (χ3v) is 3.30. The third kappa shape index (κ3) is 4.92. The molecule has 0 aliphatic heterocycles. The quantitative estimate of drug-likeness (QED) is 0.726. The zero-order chi connectivity index (χ0) is 16.2. The zero-order valence-electron chi connectivity index (χ0n) is 11.1. The molecule has 21 heavy (non-hydrogen) atoms. The molecule has 1 aromatic carbocycles. The Morgan fingerprint density at radius 2 is 1.90 bits per heavy atom. The molecule has 0 spiro atoms. The van der Waals surface area contributed by atoms with E-state index in [-0.39, 0.29) is 5.57 Å². The van der Waals surface area contributed by atoms with E-state index in [0.717, 1.165) is 13.0 Å². The van der Waals surface area contributed by atoms with E-state index in [4.69, 9.17) is 23.2 Å². The first kappa shape index (κ1) is 17.8. The van der Waals surface area contributed by atoms with E-state index in [1.807, 2.05) is 0 Å². The van der Waals surface area contributed by atoms with Crippen LogP contribution in [0.2, 0.25) is 10.0 Å². The van der Waals surface area contributed by atoms with E-state index in [1.54, 1.807) is 6.07 Å². The van der Waals surface area contributed by atoms with Crippen LogP contribution in [0.15, 0.2) is 48.1 Å². The Balaban J connectivity index is 3.37. The predicted molar refractivity (Wildman–Crippen MR) is 80.5 cm³/mol. The molecule has 114 valence electrons. The minimum atomic E-state index is -4.42. The highest BCUT2D eigenvalue weighted by atomic mass is 35.5. The summed E-state index contributed by atoms with van der Waals surface area (Å²) in [6.45, 7) is 4.17. The maximum absolute atomic E-state index is 12.5. The van der Waals surface area contributed by atoms with Gasteiger partial charge in [-0.15, -0.1) is 0 Å². The Hall–Kier alpha value is -1.23. The SMILES string of the molecule is C=C(CO)/C(=C\C=C(/C)C(F)(F)F)c1cc(Cl)ccc1Cl. The topological polar surface area (TPSA) is 20.2 Å². The van der Waals surface area contributed by atoms with E-state index >= 15 is 0 Å². The van der Waals surface area contributed by atoms with Gasteiger partial charge in [-0.05, 0) is 36.3 Å². The lowest BCUT2D eigenvalue weighted by molar-refractivity contribution is -0.0912. The molecule has 0 saturated carbocycles. The van der Waals surface area contributed by atoms with Crippen molar-refractivity contribution in [1.29, 1.82) is 0 Å². The van der Waals surface area contributed by atoms with Crippen molar-refractivity contribution in [3.8, 4) is 0 Å². The molecule has 0 amide bonds. The lowest BCUT2D eigenvalue weighted by atomic mass is 9.98. The van der Waals surface area contributed by atoms with Crippen LogP contribution < -0.4 is 0 Å². The van der Waals surface area contributed by atoms with Crippen LogP contribution in [0.25, 0.3) is 5.57 Å². The van der Waals surface area contributed by atoms with Crippen LogP contribution >= 0.6 is 23.2 Å². The van der Waals surface area contributed by atoms with Gasteiger partial charge >= 0.3 is 6.18 Å². The number of aliphatic hydroxyl groups excluding tert-OH is 1. The summed E-state index contributed by atoms with van der Waals surface area (Å²) in [5.41, 5.74) is 0.178. The minimum Gasteiger partial charge on any atom is -0.392 e. The van der Waals surface area contributed by atoms with Gasteiger partial charge in [0, 0.05) is 21.2 Å². The molecule has 0 atom stereocenters. The number of benzene rings is 1. The zero-order valence-corrected chi connectivity index (χ0v) is 12.6. The van der Waals surface area contributed by atoms with Gasteiger partial charge < -0.3 is 5.11 Å². The van der Waals surface area contributed by atoms with Crippen molar-refractivity contribution in [2.45, 2.75) is 13.1 Å². The van der Waals surface area contributed by atoms with Crippen LogP contribution in [0.1, 0.15) is 12.5 Å². The summed E-state index contributed by atoms with van der Waals surface area (Å²) in [5, 5.41) is 9.87. The number of allylic oxidation sites excluding steroid dienone is 3. The second-order valence-corrected chi connectivity index (χ2v) is 5.16. The number of hydrogen-bond donors (Lipinski definition) is 1. The Bertz CT molecular complexity index is 601. The number of hydrogen-bond acceptors (Lipinski definition) is 1. The molecule has 0 aliphatic carbocycles. The first-order valence-electron chi connectivity index (χ1n) is 5.87. The van der Waals surface area contributed by atoms with Crippen molar-refractivity contribution in [2.24, 2.45) is 0 Å². The summed E-state index contributed by atoms with van der Waals surface area (Å²) in [4.78, 5) is 0. The number of alkyl halides is 3. The summed E-state index contributed by atoms with van der Waals surface area (Å²) >= 11 is 11.9. The smallest absolute Gasteiger partial charge is 0.392 e. The first-order valence-corrected chi connectivity index (χ1v) is 6.62. The predicted octanol–water partition coefficient (Wildman–Crippen LogP) is 5.43. The van der Waals surface area contributed by atoms with E-state index in [9.17, 15) is 18.3 Å². The highest BCUT2D eigenvalue weighted by molar-refractivity contribution is 6.34. The summed E-state index contributed by atoms with van der Waals surface area (Å²) < 4.78 is 37.5. The molecular weight excluding hydrogens is 324 g/mol. The fraction of sp³-hybridized carbons (Fsp3) is 0.200. The second-order valence-electron chi connectivity index (χ2n) is 4.31. The molecule has 1 aromatic rings. The van der Waals surface area contributed by atoms with Crippen molar-refractivity contribution in [3.63, 3.8) is 0 Å². The van der Waals surface area contributed by atoms with Crippen LogP contribution in [-0.4, -0.2) is 17.9 Å². The normalized spacial score (nSPS) is 13.5. The molecule has 0 heterocycles. The largest absolute Gasteiger partial charge is 0.412 e. The molecule has 0 aliphatic rings. The average molecular weight is 337 g/mol. The summed E-state index contributed by atoms with van der Waals surface area (Å²) in [6, 6.07) is 4.59. The molecule has 1 rings (SSSR count). The highest BCUT2D eigenvalue weighted by Gasteiger charge is 2.29. The van der Waals surface area contributed by atoms with Gasteiger partial charge in [-0.3, -0.25) is 0 Å². The van der Waals surface area contributed by atoms with Crippen molar-refractivity contribution in [1.82, 2.24) is 0 Å². The molecule has 0 fully saturated rings. The van der Waals surface area contributed by atoms with Crippen LogP contribution in [0.5, 0.6) is 0 Å². The van der Waals surface area contributed by atoms with Gasteiger partial charge in [0.15, 0.2) is 0 Å². The van der Waals surface area contributed by atoms with Crippen LogP contribution in [0.3, 0.4) is 0 Å². The lowest BCUT2D eigenvalue weighted by Gasteiger charge is -2.12. The fourth-order valence-corrected chi connectivity index (χ4v) is 1.88. The maximum Gasteiger partial charge on any atom is 0.412 e. The Labute approximate surface area is 131 Å². The summed E-state index contributed by atoms with van der Waals surface area (Å²) in [5.74, 6) is 0. The van der Waals surface area contributed by atoms with Crippen molar-refractivity contribution >= 4 is 28.8 Å². The Morgan fingerprint density at radius 3 is 2.43 bits per heavy atom. The standard InChI is InChI=1S/C15H13Cl2F3O/c1-9(8-21)12(5-3-10(2)15(18,19)20)13-7-11(16)4-6-14(13)17/h3-7,21H,1,8H2,2H3/b10-3+,12-5+. The molecular formula is C15H13Cl2F3O. The van der Waals surface area contributed by atoms with Crippen LogP contribution in [-0.2, 0) is 0 Å². The van der Waals surface area contributed by atoms with E-state index < -0.39 is 18.4 Å². The Morgan fingerprint density at radius 1 is 1.29 bits per heavy atom. The van der Waals surface area contributed by atoms with Crippen molar-refractivity contribution in [2.75, 3.05) is 6.61 Å². The van der Waals surface area contributed by atoms with Crippen molar-refractivity contribution < 1.29 is 18.3 Å². The molecule has 0 unspecified atom stereocenters. The highest BCUT2D eigenvalue weighted by Crippen LogP contribution is 2.32. The number of rotatable bonds is 4. The third-order valence-electron chi connectivity index (χ3n) is 2.74. The van der Waals surface area contributed by atoms with Gasteiger partial charge in [0.05, 0.1) is 6.61 Å². The summed E-state index contributed by atoms with van der Waals surface area (Å²) in [6.07, 6.45) is -2.29. The first-order chi connectivity index (χ1) is 9.66. The molecule has 0 radical (unpaired) electrons. The van der Waals surface area contributed by atoms with Gasteiger partial charge in [0.25, 0.3) is 0 Å². The Kier molecular flexibility index (Phi) is 6.08. The fourth-order valence-electron chi connectivity index (χ4n) is 1.49. The van der Waals surface area contributed by atoms with E-state index in [1.165, 1.54) is 18.2 Å². The van der Waals surface area contributed by atoms with Crippen LogP contribution in [0, 0.1) is 0 Å². The molecule has 1 N–H and O–H groups in total. The van der Waals surface area contributed by atoms with E-state index in [0.29, 0.717) is 21.2 Å². The number of halogens is 5. The van der Waals surface area contributed by atoms with Crippen LogP contribution in [0.4, 0.5) is 13.2 Å².